The average molecular weight is 263 g/mol. The van der Waals surface area contributed by atoms with Crippen LogP contribution in [-0.4, -0.2) is 60.1 Å². The van der Waals surface area contributed by atoms with Gasteiger partial charge in [0.25, 0.3) is 5.91 Å². The van der Waals surface area contributed by atoms with E-state index in [0.717, 1.165) is 18.7 Å². The van der Waals surface area contributed by atoms with Crippen LogP contribution in [0.4, 0.5) is 5.69 Å². The number of aliphatic hydroxyl groups is 1. The lowest BCUT2D eigenvalue weighted by Crippen LogP contribution is -2.49. The molecule has 19 heavy (non-hydrogen) atoms. The summed E-state index contributed by atoms with van der Waals surface area (Å²) < 4.78 is 0. The molecule has 104 valence electrons. The van der Waals surface area contributed by atoms with E-state index in [4.69, 9.17) is 10.8 Å². The van der Waals surface area contributed by atoms with E-state index in [2.05, 4.69) is 4.90 Å². The maximum Gasteiger partial charge on any atom is 0.253 e. The van der Waals surface area contributed by atoms with Gasteiger partial charge >= 0.3 is 0 Å². The van der Waals surface area contributed by atoms with Gasteiger partial charge in [-0.05, 0) is 30.7 Å². The predicted octanol–water partition coefficient (Wildman–Crippen LogP) is 0.327. The van der Waals surface area contributed by atoms with Crippen molar-refractivity contribution in [1.29, 1.82) is 0 Å². The third-order valence-corrected chi connectivity index (χ3v) is 3.59. The maximum atomic E-state index is 12.3. The first-order chi connectivity index (χ1) is 9.11. The van der Waals surface area contributed by atoms with Gasteiger partial charge in [0.15, 0.2) is 0 Å². The normalized spacial score (nSPS) is 16.6. The predicted molar refractivity (Wildman–Crippen MR) is 75.0 cm³/mol. The number of nitrogens with two attached hydrogens (primary N) is 1. The van der Waals surface area contributed by atoms with E-state index in [-0.39, 0.29) is 12.5 Å². The van der Waals surface area contributed by atoms with Gasteiger partial charge in [-0.3, -0.25) is 9.69 Å². The molecule has 1 aromatic rings. The van der Waals surface area contributed by atoms with Crippen LogP contribution < -0.4 is 5.73 Å². The van der Waals surface area contributed by atoms with Gasteiger partial charge in [-0.15, -0.1) is 0 Å². The molecular weight excluding hydrogens is 242 g/mol. The molecule has 5 nitrogen and oxygen atoms in total. The zero-order valence-electron chi connectivity index (χ0n) is 11.3. The molecular formula is C14H21N3O2. The van der Waals surface area contributed by atoms with E-state index >= 15 is 0 Å². The molecule has 0 atom stereocenters. The van der Waals surface area contributed by atoms with E-state index < -0.39 is 0 Å². The Bertz CT molecular complexity index is 454. The molecule has 3 N–H and O–H groups in total. The Balaban J connectivity index is 1.99. The minimum Gasteiger partial charge on any atom is -0.399 e. The van der Waals surface area contributed by atoms with Crippen LogP contribution in [0, 0.1) is 6.92 Å². The van der Waals surface area contributed by atoms with Crippen LogP contribution in [0.5, 0.6) is 0 Å². The first-order valence-electron chi connectivity index (χ1n) is 6.60. The van der Waals surface area contributed by atoms with Crippen molar-refractivity contribution < 1.29 is 9.90 Å². The summed E-state index contributed by atoms with van der Waals surface area (Å²) in [6, 6.07) is 5.41. The summed E-state index contributed by atoms with van der Waals surface area (Å²) in [7, 11) is 0. The molecule has 1 saturated heterocycles. The van der Waals surface area contributed by atoms with Crippen LogP contribution in [0.2, 0.25) is 0 Å². The van der Waals surface area contributed by atoms with Crippen LogP contribution in [-0.2, 0) is 0 Å². The molecule has 0 saturated carbocycles. The van der Waals surface area contributed by atoms with Gasteiger partial charge in [-0.2, -0.15) is 0 Å². The summed E-state index contributed by atoms with van der Waals surface area (Å²) >= 11 is 0. The van der Waals surface area contributed by atoms with Crippen LogP contribution >= 0.6 is 0 Å². The highest BCUT2D eigenvalue weighted by Gasteiger charge is 2.21. The number of piperazine rings is 1. The fraction of sp³-hybridized carbons (Fsp3) is 0.500. The second-order valence-electron chi connectivity index (χ2n) is 4.93. The Morgan fingerprint density at radius 3 is 2.58 bits per heavy atom. The molecule has 1 aliphatic heterocycles. The van der Waals surface area contributed by atoms with Gasteiger partial charge in [0.1, 0.15) is 0 Å². The first kappa shape index (κ1) is 13.8. The largest absolute Gasteiger partial charge is 0.399 e. The topological polar surface area (TPSA) is 69.8 Å². The number of β-amino-alcohol motifs (C(OH)–C–C–N with tert-alkyl or cyclic N) is 1. The van der Waals surface area contributed by atoms with Crippen molar-refractivity contribution in [3.8, 4) is 0 Å². The molecule has 1 amide bonds. The number of hydrogen-bond acceptors (Lipinski definition) is 4. The van der Waals surface area contributed by atoms with Crippen molar-refractivity contribution in [2.24, 2.45) is 0 Å². The Hall–Kier alpha value is -1.59. The number of benzene rings is 1. The van der Waals surface area contributed by atoms with Gasteiger partial charge in [0, 0.05) is 44.0 Å². The molecule has 1 aromatic carbocycles. The van der Waals surface area contributed by atoms with Crippen molar-refractivity contribution in [1.82, 2.24) is 9.80 Å². The minimum absolute atomic E-state index is 0.0618. The fourth-order valence-electron chi connectivity index (χ4n) is 2.31. The summed E-state index contributed by atoms with van der Waals surface area (Å²) in [6.07, 6.45) is 0. The van der Waals surface area contributed by atoms with Crippen molar-refractivity contribution in [3.63, 3.8) is 0 Å². The number of amides is 1. The number of anilines is 1. The standard InChI is InChI=1S/C14H21N3O2/c1-11-10-12(2-3-13(11)15)14(19)17-6-4-16(5-7-17)8-9-18/h2-3,10,18H,4-9,15H2,1H3. The smallest absolute Gasteiger partial charge is 0.253 e. The van der Waals surface area contributed by atoms with E-state index in [1.807, 2.05) is 17.9 Å². The lowest BCUT2D eigenvalue weighted by atomic mass is 10.1. The zero-order chi connectivity index (χ0) is 13.8. The number of carbonyl (C=O) groups is 1. The summed E-state index contributed by atoms with van der Waals surface area (Å²) in [5.41, 5.74) is 8.11. The Morgan fingerprint density at radius 2 is 2.00 bits per heavy atom. The Morgan fingerprint density at radius 1 is 1.32 bits per heavy atom. The molecule has 1 fully saturated rings. The number of rotatable bonds is 3. The monoisotopic (exact) mass is 263 g/mol. The summed E-state index contributed by atoms with van der Waals surface area (Å²) in [5.74, 6) is 0.0618. The lowest BCUT2D eigenvalue weighted by molar-refractivity contribution is 0.0615. The molecule has 0 bridgehead atoms. The average Bonchev–Trinajstić information content (AvgIpc) is 2.42. The van der Waals surface area contributed by atoms with Crippen molar-refractivity contribution in [3.05, 3.63) is 29.3 Å². The third kappa shape index (κ3) is 3.24. The minimum atomic E-state index is 0.0618. The summed E-state index contributed by atoms with van der Waals surface area (Å²) in [5, 5.41) is 8.89. The van der Waals surface area contributed by atoms with Gasteiger partial charge in [0.2, 0.25) is 0 Å². The number of nitrogen functional groups attached to an aromatic ring is 1. The van der Waals surface area contributed by atoms with E-state index in [9.17, 15) is 4.79 Å². The second-order valence-corrected chi connectivity index (χ2v) is 4.93. The Kier molecular flexibility index (Phi) is 4.39. The van der Waals surface area contributed by atoms with Gasteiger partial charge < -0.3 is 15.7 Å². The highest BCUT2D eigenvalue weighted by molar-refractivity contribution is 5.95. The highest BCUT2D eigenvalue weighted by atomic mass is 16.3. The number of carbonyl (C=O) groups excluding carboxylic acids is 1. The van der Waals surface area contributed by atoms with E-state index in [0.29, 0.717) is 30.9 Å². The van der Waals surface area contributed by atoms with Crippen molar-refractivity contribution >= 4 is 11.6 Å². The fourth-order valence-corrected chi connectivity index (χ4v) is 2.31. The third-order valence-electron chi connectivity index (χ3n) is 3.59. The molecule has 1 heterocycles. The molecule has 0 aliphatic carbocycles. The van der Waals surface area contributed by atoms with Crippen molar-refractivity contribution in [2.75, 3.05) is 45.1 Å². The van der Waals surface area contributed by atoms with Gasteiger partial charge in [0.05, 0.1) is 6.61 Å². The lowest BCUT2D eigenvalue weighted by Gasteiger charge is -2.34. The highest BCUT2D eigenvalue weighted by Crippen LogP contribution is 2.15. The molecule has 0 unspecified atom stereocenters. The number of hydrogen-bond donors (Lipinski definition) is 2. The molecule has 0 radical (unpaired) electrons. The van der Waals surface area contributed by atoms with Crippen LogP contribution in [0.3, 0.4) is 0 Å². The number of aryl methyl sites for hydroxylation is 1. The number of nitrogens with zero attached hydrogens (tertiary/aromatic N) is 2. The second kappa shape index (κ2) is 6.04. The molecule has 0 spiro atoms. The molecule has 0 aromatic heterocycles. The Labute approximate surface area is 113 Å². The summed E-state index contributed by atoms with van der Waals surface area (Å²) in [4.78, 5) is 16.4. The quantitative estimate of drug-likeness (QED) is 0.771. The molecule has 1 aliphatic rings. The zero-order valence-corrected chi connectivity index (χ0v) is 11.3. The van der Waals surface area contributed by atoms with Gasteiger partial charge in [-0.25, -0.2) is 0 Å². The van der Waals surface area contributed by atoms with Crippen LogP contribution in [0.15, 0.2) is 18.2 Å². The van der Waals surface area contributed by atoms with E-state index in [1.54, 1.807) is 12.1 Å². The number of aliphatic hydroxyl groups excluding tert-OH is 1. The maximum absolute atomic E-state index is 12.3. The summed E-state index contributed by atoms with van der Waals surface area (Å²) in [6.45, 7) is 5.82. The van der Waals surface area contributed by atoms with Crippen LogP contribution in [0.1, 0.15) is 15.9 Å². The molecule has 2 rings (SSSR count). The molecule has 5 heteroatoms. The SMILES string of the molecule is Cc1cc(C(=O)N2CCN(CCO)CC2)ccc1N. The van der Waals surface area contributed by atoms with Crippen molar-refractivity contribution in [2.45, 2.75) is 6.92 Å². The van der Waals surface area contributed by atoms with E-state index in [1.165, 1.54) is 0 Å². The van der Waals surface area contributed by atoms with Crippen LogP contribution in [0.25, 0.3) is 0 Å². The first-order valence-corrected chi connectivity index (χ1v) is 6.60. The van der Waals surface area contributed by atoms with Gasteiger partial charge in [-0.1, -0.05) is 0 Å².